The first-order chi connectivity index (χ1) is 15.1. The van der Waals surface area contributed by atoms with Crippen molar-refractivity contribution in [2.75, 3.05) is 0 Å². The Kier molecular flexibility index (Phi) is 3.93. The van der Waals surface area contributed by atoms with Gasteiger partial charge in [-0.3, -0.25) is 0 Å². The zero-order chi connectivity index (χ0) is 21.1. The monoisotopic (exact) mass is 408 g/mol. The molecular formula is C26H24N4O. The van der Waals surface area contributed by atoms with Crippen molar-refractivity contribution >= 4 is 21.5 Å². The Morgan fingerprint density at radius 1 is 0.903 bits per heavy atom. The quantitative estimate of drug-likeness (QED) is 0.340. The van der Waals surface area contributed by atoms with Gasteiger partial charge in [0.25, 0.3) is 0 Å². The highest BCUT2D eigenvalue weighted by atomic mass is 16.5. The van der Waals surface area contributed by atoms with Crippen LogP contribution >= 0.6 is 0 Å². The Morgan fingerprint density at radius 2 is 1.61 bits per heavy atom. The molecule has 1 aliphatic rings. The van der Waals surface area contributed by atoms with Crippen molar-refractivity contribution in [3.63, 3.8) is 0 Å². The third kappa shape index (κ3) is 2.84. The maximum atomic E-state index is 6.26. The minimum atomic E-state index is 0.368. The van der Waals surface area contributed by atoms with Crippen molar-refractivity contribution in [1.82, 2.24) is 19.9 Å². The molecule has 3 heterocycles. The summed E-state index contributed by atoms with van der Waals surface area (Å²) in [6, 6.07) is 13.3. The molecule has 0 unspecified atom stereocenters. The van der Waals surface area contributed by atoms with Gasteiger partial charge in [-0.2, -0.15) is 0 Å². The van der Waals surface area contributed by atoms with Gasteiger partial charge in [-0.05, 0) is 46.0 Å². The van der Waals surface area contributed by atoms with Crippen molar-refractivity contribution in [3.05, 3.63) is 66.0 Å². The lowest BCUT2D eigenvalue weighted by Crippen LogP contribution is -2.04. The molecule has 0 aliphatic carbocycles. The largest absolute Gasteiger partial charge is 0.488 e. The van der Waals surface area contributed by atoms with Gasteiger partial charge in [0.1, 0.15) is 24.0 Å². The minimum Gasteiger partial charge on any atom is -0.488 e. The predicted molar refractivity (Wildman–Crippen MR) is 124 cm³/mol. The molecule has 0 spiro atoms. The fourth-order valence-corrected chi connectivity index (χ4v) is 4.54. The second-order valence-electron chi connectivity index (χ2n) is 8.59. The summed E-state index contributed by atoms with van der Waals surface area (Å²) in [5, 5.41) is 4.89. The Bertz CT molecular complexity index is 1460. The molecule has 0 radical (unpaired) electrons. The van der Waals surface area contributed by atoms with Crippen molar-refractivity contribution in [2.24, 2.45) is 0 Å². The molecule has 0 bridgehead atoms. The van der Waals surface area contributed by atoms with E-state index in [9.17, 15) is 0 Å². The van der Waals surface area contributed by atoms with E-state index in [0.29, 0.717) is 12.5 Å². The number of aromatic amines is 2. The number of aryl methyl sites for hydroxylation is 1. The third-order valence-electron chi connectivity index (χ3n) is 6.19. The molecule has 0 amide bonds. The number of hydrogen-bond donors (Lipinski definition) is 2. The zero-order valence-electron chi connectivity index (χ0n) is 17.9. The first kappa shape index (κ1) is 18.2. The van der Waals surface area contributed by atoms with Crippen LogP contribution in [0.5, 0.6) is 5.75 Å². The van der Waals surface area contributed by atoms with Crippen LogP contribution in [0.3, 0.4) is 0 Å². The lowest BCUT2D eigenvalue weighted by atomic mass is 9.92. The van der Waals surface area contributed by atoms with Crippen LogP contribution in [0.15, 0.2) is 48.8 Å². The van der Waals surface area contributed by atoms with Gasteiger partial charge in [-0.25, -0.2) is 9.97 Å². The smallest absolute Gasteiger partial charge is 0.128 e. The summed E-state index contributed by atoms with van der Waals surface area (Å²) < 4.78 is 6.26. The summed E-state index contributed by atoms with van der Waals surface area (Å²) in [5.74, 6) is 3.32. The van der Waals surface area contributed by atoms with Gasteiger partial charge in [0.15, 0.2) is 0 Å². The van der Waals surface area contributed by atoms with E-state index in [1.54, 1.807) is 0 Å². The lowest BCUT2D eigenvalue weighted by Gasteiger charge is -2.21. The van der Waals surface area contributed by atoms with E-state index >= 15 is 0 Å². The molecule has 2 N–H and O–H groups in total. The van der Waals surface area contributed by atoms with Crippen LogP contribution in [-0.2, 0) is 13.0 Å². The van der Waals surface area contributed by atoms with Crippen molar-refractivity contribution < 1.29 is 4.74 Å². The molecule has 0 saturated carbocycles. The highest BCUT2D eigenvalue weighted by Crippen LogP contribution is 2.43. The molecule has 2 aromatic heterocycles. The fraction of sp³-hybridized carbons (Fsp3) is 0.231. The van der Waals surface area contributed by atoms with Gasteiger partial charge in [0.05, 0.1) is 23.8 Å². The Labute approximate surface area is 180 Å². The molecule has 6 rings (SSSR count). The van der Waals surface area contributed by atoms with Gasteiger partial charge in [0.2, 0.25) is 0 Å². The molecule has 5 nitrogen and oxygen atoms in total. The van der Waals surface area contributed by atoms with Gasteiger partial charge >= 0.3 is 0 Å². The van der Waals surface area contributed by atoms with Crippen LogP contribution in [-0.4, -0.2) is 19.9 Å². The summed E-state index contributed by atoms with van der Waals surface area (Å²) in [6.45, 7) is 6.96. The Morgan fingerprint density at radius 3 is 2.32 bits per heavy atom. The molecule has 1 aliphatic heterocycles. The number of rotatable bonds is 4. The number of benzene rings is 3. The number of H-pyrrole nitrogens is 2. The second kappa shape index (κ2) is 6.71. The number of ether oxygens (including phenoxy) is 1. The van der Waals surface area contributed by atoms with Crippen LogP contribution in [0, 0.1) is 0 Å². The number of imidazole rings is 2. The van der Waals surface area contributed by atoms with Gasteiger partial charge in [-0.15, -0.1) is 0 Å². The number of nitrogens with zero attached hydrogens (tertiary/aromatic N) is 2. The highest BCUT2D eigenvalue weighted by Gasteiger charge is 2.20. The first-order valence-electron chi connectivity index (χ1n) is 10.9. The SMILES string of the molecule is CCc1ncc(-c2cc3c4c(ccc5cc(-c6cnc(C(C)C)[nH]6)cc(c54)OC3)c2)[nH]1. The van der Waals surface area contributed by atoms with Crippen LogP contribution in [0.2, 0.25) is 0 Å². The van der Waals surface area contributed by atoms with Gasteiger partial charge in [0, 0.05) is 28.9 Å². The Balaban J connectivity index is 1.53. The second-order valence-corrected chi connectivity index (χ2v) is 8.59. The third-order valence-corrected chi connectivity index (χ3v) is 6.19. The lowest BCUT2D eigenvalue weighted by molar-refractivity contribution is 0.308. The summed E-state index contributed by atoms with van der Waals surface area (Å²) in [6.07, 6.45) is 4.74. The first-order valence-corrected chi connectivity index (χ1v) is 10.9. The molecule has 31 heavy (non-hydrogen) atoms. The predicted octanol–water partition coefficient (Wildman–Crippen LogP) is 6.35. The fourth-order valence-electron chi connectivity index (χ4n) is 4.54. The Hall–Kier alpha value is -3.60. The molecule has 0 fully saturated rings. The summed E-state index contributed by atoms with van der Waals surface area (Å²) in [5.41, 5.74) is 5.55. The normalized spacial score (nSPS) is 12.9. The van der Waals surface area contributed by atoms with Crippen LogP contribution in [0.25, 0.3) is 44.1 Å². The van der Waals surface area contributed by atoms with Gasteiger partial charge < -0.3 is 14.7 Å². The van der Waals surface area contributed by atoms with E-state index < -0.39 is 0 Å². The van der Waals surface area contributed by atoms with E-state index in [1.165, 1.54) is 27.1 Å². The topological polar surface area (TPSA) is 66.6 Å². The summed E-state index contributed by atoms with van der Waals surface area (Å²) in [4.78, 5) is 15.9. The van der Waals surface area contributed by atoms with Crippen LogP contribution in [0.1, 0.15) is 43.9 Å². The zero-order valence-corrected chi connectivity index (χ0v) is 17.9. The summed E-state index contributed by atoms with van der Waals surface area (Å²) >= 11 is 0. The molecular weight excluding hydrogens is 384 g/mol. The average Bonchev–Trinajstić information content (AvgIpc) is 3.47. The molecule has 0 atom stereocenters. The summed E-state index contributed by atoms with van der Waals surface area (Å²) in [7, 11) is 0. The molecule has 3 aromatic carbocycles. The number of aromatic nitrogens is 4. The van der Waals surface area contributed by atoms with E-state index in [2.05, 4.69) is 77.1 Å². The number of hydrogen-bond acceptors (Lipinski definition) is 3. The van der Waals surface area contributed by atoms with Crippen molar-refractivity contribution in [1.29, 1.82) is 0 Å². The van der Waals surface area contributed by atoms with Crippen LogP contribution < -0.4 is 4.74 Å². The van der Waals surface area contributed by atoms with Crippen molar-refractivity contribution in [2.45, 2.75) is 39.7 Å². The molecule has 154 valence electrons. The standard InChI is InChI=1S/C26H24N4O/c1-4-23-27-11-20(29-23)17-7-15-5-6-16-8-18(21-12-28-26(30-21)14(2)3)10-22-25(16)24(15)19(9-17)13-31-22/h5-12,14H,4,13H2,1-3H3,(H,27,29)(H,28,30). The van der Waals surface area contributed by atoms with E-state index in [4.69, 9.17) is 4.74 Å². The minimum absolute atomic E-state index is 0.368. The van der Waals surface area contributed by atoms with Crippen molar-refractivity contribution in [3.8, 4) is 28.3 Å². The van der Waals surface area contributed by atoms with E-state index in [-0.39, 0.29) is 0 Å². The van der Waals surface area contributed by atoms with Gasteiger partial charge in [-0.1, -0.05) is 32.9 Å². The highest BCUT2D eigenvalue weighted by molar-refractivity contribution is 6.14. The van der Waals surface area contributed by atoms with E-state index in [1.807, 2.05) is 12.4 Å². The van der Waals surface area contributed by atoms with E-state index in [0.717, 1.165) is 46.3 Å². The maximum absolute atomic E-state index is 6.26. The molecule has 5 aromatic rings. The van der Waals surface area contributed by atoms with Crippen LogP contribution in [0.4, 0.5) is 0 Å². The maximum Gasteiger partial charge on any atom is 0.128 e. The molecule has 5 heteroatoms. The molecule has 0 saturated heterocycles. The number of nitrogens with one attached hydrogen (secondary N) is 2. The average molecular weight is 409 g/mol.